The van der Waals surface area contributed by atoms with Crippen molar-refractivity contribution in [3.05, 3.63) is 30.3 Å². The maximum Gasteiger partial charge on any atom is 0.0951 e. The van der Waals surface area contributed by atoms with E-state index in [1.807, 2.05) is 30.3 Å². The molecule has 0 atom stereocenters. The van der Waals surface area contributed by atoms with Crippen LogP contribution in [0.15, 0.2) is 40.3 Å². The van der Waals surface area contributed by atoms with Crippen LogP contribution >= 0.6 is 0 Å². The van der Waals surface area contributed by atoms with Crippen LogP contribution in [0.1, 0.15) is 25.7 Å². The molecule has 2 nitrogen and oxygen atoms in total. The van der Waals surface area contributed by atoms with Crippen molar-refractivity contribution in [1.29, 1.82) is 0 Å². The van der Waals surface area contributed by atoms with Gasteiger partial charge in [-0.2, -0.15) is 4.99 Å². The number of benzene rings is 1. The van der Waals surface area contributed by atoms with Crippen molar-refractivity contribution < 1.29 is 0 Å². The summed E-state index contributed by atoms with van der Waals surface area (Å²) in [5.41, 5.74) is 0.925. The molecular weight excluding hydrogens is 172 g/mol. The zero-order valence-electron chi connectivity index (χ0n) is 8.19. The van der Waals surface area contributed by atoms with Gasteiger partial charge in [0.25, 0.3) is 0 Å². The molecule has 1 aliphatic rings. The predicted molar refractivity (Wildman–Crippen MR) is 58.2 cm³/mol. The third kappa shape index (κ3) is 2.54. The second kappa shape index (κ2) is 4.73. The summed E-state index contributed by atoms with van der Waals surface area (Å²) in [6.07, 6.45) is 5.02. The van der Waals surface area contributed by atoms with E-state index in [0.29, 0.717) is 6.04 Å². The molecular formula is C12H14N2. The summed E-state index contributed by atoms with van der Waals surface area (Å²) in [6, 6.07) is 13.1. The topological polar surface area (TPSA) is 24.7 Å². The monoisotopic (exact) mass is 186 g/mol. The number of hydrogen-bond acceptors (Lipinski definition) is 2. The van der Waals surface area contributed by atoms with Gasteiger partial charge in [-0.15, -0.1) is 0 Å². The van der Waals surface area contributed by atoms with Gasteiger partial charge in [-0.1, -0.05) is 31.0 Å². The molecule has 0 aromatic heterocycles. The molecule has 2 rings (SSSR count). The fourth-order valence-electron chi connectivity index (χ4n) is 1.70. The molecule has 0 bridgehead atoms. The van der Waals surface area contributed by atoms with E-state index >= 15 is 0 Å². The fourth-order valence-corrected chi connectivity index (χ4v) is 1.70. The van der Waals surface area contributed by atoms with Crippen molar-refractivity contribution in [2.24, 2.45) is 9.98 Å². The van der Waals surface area contributed by atoms with E-state index in [2.05, 4.69) is 16.0 Å². The Labute approximate surface area is 84.4 Å². The quantitative estimate of drug-likeness (QED) is 0.632. The molecule has 14 heavy (non-hydrogen) atoms. The Morgan fingerprint density at radius 3 is 2.50 bits per heavy atom. The Morgan fingerprint density at radius 1 is 1.07 bits per heavy atom. The van der Waals surface area contributed by atoms with Gasteiger partial charge in [0, 0.05) is 0 Å². The second-order valence-corrected chi connectivity index (χ2v) is 3.61. The number of rotatable bonds is 2. The maximum absolute atomic E-state index is 4.30. The molecule has 0 aliphatic heterocycles. The maximum atomic E-state index is 4.30. The van der Waals surface area contributed by atoms with Gasteiger partial charge in [-0.25, -0.2) is 4.99 Å². The van der Waals surface area contributed by atoms with Crippen LogP contribution in [-0.2, 0) is 0 Å². The minimum atomic E-state index is 0.475. The van der Waals surface area contributed by atoms with Crippen molar-refractivity contribution in [3.8, 4) is 0 Å². The number of hydrogen-bond donors (Lipinski definition) is 0. The lowest BCUT2D eigenvalue weighted by Gasteiger charge is -1.94. The van der Waals surface area contributed by atoms with Crippen LogP contribution in [0.2, 0.25) is 0 Å². The second-order valence-electron chi connectivity index (χ2n) is 3.61. The first kappa shape index (κ1) is 9.17. The molecule has 0 heterocycles. The lowest BCUT2D eigenvalue weighted by atomic mass is 10.3. The molecule has 0 spiro atoms. The molecule has 0 radical (unpaired) electrons. The zero-order valence-corrected chi connectivity index (χ0v) is 8.19. The normalized spacial score (nSPS) is 16.3. The highest BCUT2D eigenvalue weighted by atomic mass is 14.8. The molecule has 1 fully saturated rings. The van der Waals surface area contributed by atoms with Crippen molar-refractivity contribution in [3.63, 3.8) is 0 Å². The minimum absolute atomic E-state index is 0.475. The Bertz CT molecular complexity index is 331. The summed E-state index contributed by atoms with van der Waals surface area (Å²) in [7, 11) is 0. The highest BCUT2D eigenvalue weighted by Crippen LogP contribution is 2.20. The molecule has 0 amide bonds. The molecule has 0 N–H and O–H groups in total. The number of para-hydroxylation sites is 1. The SMILES string of the molecule is C(=Nc1ccccc1)=NC1CCCC1. The van der Waals surface area contributed by atoms with E-state index in [4.69, 9.17) is 0 Å². The largest absolute Gasteiger partial charge is 0.222 e. The zero-order chi connectivity index (χ0) is 9.64. The van der Waals surface area contributed by atoms with Crippen molar-refractivity contribution in [2.45, 2.75) is 31.7 Å². The first-order valence-corrected chi connectivity index (χ1v) is 5.16. The Hall–Kier alpha value is -1.40. The lowest BCUT2D eigenvalue weighted by molar-refractivity contribution is 0.710. The molecule has 1 aromatic carbocycles. The van der Waals surface area contributed by atoms with Gasteiger partial charge < -0.3 is 0 Å². The molecule has 1 aliphatic carbocycles. The average molecular weight is 186 g/mol. The van der Waals surface area contributed by atoms with Crippen LogP contribution in [0.25, 0.3) is 0 Å². The van der Waals surface area contributed by atoms with Crippen LogP contribution in [0.4, 0.5) is 5.69 Å². The van der Waals surface area contributed by atoms with Crippen LogP contribution in [0, 0.1) is 0 Å². The van der Waals surface area contributed by atoms with Crippen LogP contribution in [-0.4, -0.2) is 12.1 Å². The van der Waals surface area contributed by atoms with Gasteiger partial charge in [-0.05, 0) is 25.0 Å². The smallest absolute Gasteiger partial charge is 0.0951 e. The van der Waals surface area contributed by atoms with Gasteiger partial charge in [0.15, 0.2) is 0 Å². The van der Waals surface area contributed by atoms with E-state index in [-0.39, 0.29) is 0 Å². The summed E-state index contributed by atoms with van der Waals surface area (Å²) in [5.74, 6) is 0. The average Bonchev–Trinajstić information content (AvgIpc) is 2.72. The minimum Gasteiger partial charge on any atom is -0.222 e. The molecule has 0 unspecified atom stereocenters. The highest BCUT2D eigenvalue weighted by molar-refractivity contribution is 5.52. The van der Waals surface area contributed by atoms with Gasteiger partial charge in [0.1, 0.15) is 0 Å². The van der Waals surface area contributed by atoms with Gasteiger partial charge in [-0.3, -0.25) is 0 Å². The molecule has 0 saturated heterocycles. The molecule has 1 aromatic rings. The fraction of sp³-hybridized carbons (Fsp3) is 0.417. The van der Waals surface area contributed by atoms with E-state index in [1.54, 1.807) is 0 Å². The van der Waals surface area contributed by atoms with Crippen molar-refractivity contribution in [2.75, 3.05) is 0 Å². The Morgan fingerprint density at radius 2 is 1.79 bits per heavy atom. The van der Waals surface area contributed by atoms with Crippen LogP contribution in [0.5, 0.6) is 0 Å². The third-order valence-electron chi connectivity index (χ3n) is 2.50. The van der Waals surface area contributed by atoms with Gasteiger partial charge in [0.2, 0.25) is 0 Å². The molecule has 72 valence electrons. The summed E-state index contributed by atoms with van der Waals surface area (Å²) in [5, 5.41) is 0. The first-order valence-electron chi connectivity index (χ1n) is 5.16. The van der Waals surface area contributed by atoms with E-state index in [1.165, 1.54) is 25.7 Å². The standard InChI is InChI=1S/C12H14N2/c1-2-6-11(7-3-1)13-10-14-12-8-4-5-9-12/h1-3,6-7,12H,4-5,8-9H2. The van der Waals surface area contributed by atoms with E-state index in [0.717, 1.165) is 5.69 Å². The predicted octanol–water partition coefficient (Wildman–Crippen LogP) is 3.43. The Kier molecular flexibility index (Phi) is 3.10. The number of nitrogens with zero attached hydrogens (tertiary/aromatic N) is 2. The van der Waals surface area contributed by atoms with Crippen LogP contribution in [0.3, 0.4) is 0 Å². The molecule has 1 saturated carbocycles. The summed E-state index contributed by atoms with van der Waals surface area (Å²) in [4.78, 5) is 8.45. The molecule has 2 heteroatoms. The summed E-state index contributed by atoms with van der Waals surface area (Å²) >= 11 is 0. The van der Waals surface area contributed by atoms with Crippen molar-refractivity contribution in [1.82, 2.24) is 0 Å². The van der Waals surface area contributed by atoms with Gasteiger partial charge >= 0.3 is 0 Å². The lowest BCUT2D eigenvalue weighted by Crippen LogP contribution is -1.93. The van der Waals surface area contributed by atoms with Crippen molar-refractivity contribution >= 4 is 11.7 Å². The van der Waals surface area contributed by atoms with Gasteiger partial charge in [0.05, 0.1) is 17.7 Å². The summed E-state index contributed by atoms with van der Waals surface area (Å²) < 4.78 is 0. The first-order chi connectivity index (χ1) is 6.95. The van der Waals surface area contributed by atoms with E-state index < -0.39 is 0 Å². The number of aliphatic imine (C=N–C) groups is 2. The highest BCUT2D eigenvalue weighted by Gasteiger charge is 2.12. The van der Waals surface area contributed by atoms with Crippen LogP contribution < -0.4 is 0 Å². The Balaban J connectivity index is 1.99. The third-order valence-corrected chi connectivity index (χ3v) is 2.50. The van der Waals surface area contributed by atoms with E-state index in [9.17, 15) is 0 Å². The summed E-state index contributed by atoms with van der Waals surface area (Å²) in [6.45, 7) is 0.